The smallest absolute Gasteiger partial charge is 0.407 e. The molecule has 0 bridgehead atoms. The summed E-state index contributed by atoms with van der Waals surface area (Å²) in [5, 5.41) is 7.99. The van der Waals surface area contributed by atoms with Crippen LogP contribution < -0.4 is 16.0 Å². The van der Waals surface area contributed by atoms with E-state index >= 15 is 0 Å². The van der Waals surface area contributed by atoms with Crippen molar-refractivity contribution in [3.63, 3.8) is 0 Å². The molecule has 55 heavy (non-hydrogen) atoms. The number of aryl methyl sites for hydroxylation is 1. The Labute approximate surface area is 324 Å². The molecule has 3 N–H and O–H groups in total. The Hall–Kier alpha value is -5.39. The first kappa shape index (κ1) is 42.4. The second-order valence-electron chi connectivity index (χ2n) is 15.7. The molecule has 0 heterocycles. The minimum atomic E-state index is -1.21. The van der Waals surface area contributed by atoms with Crippen molar-refractivity contribution in [1.29, 1.82) is 0 Å². The number of esters is 3. The molecule has 1 aliphatic rings. The number of carbonyl (C=O) groups excluding carboxylic acids is 5. The number of alkyl carbamates (subject to hydrolysis) is 1. The largest absolute Gasteiger partial charge is 0.460 e. The van der Waals surface area contributed by atoms with Crippen LogP contribution >= 0.6 is 0 Å². The summed E-state index contributed by atoms with van der Waals surface area (Å²) in [6.07, 6.45) is 0.317. The standard InChI is InChI=1S/C43H55N3O9/c1-28-19-21-29(22-20-28)26-52-38(48)36(23-24-37(47)54-42(2,3)4)46-40(50)45-35(39(49)55-43(5,6)7)18-12-13-25-44-41(51)53-27-34-32-16-10-8-14-30(32)31-15-9-11-17-33(31)34/h8-11,14-17,19-22,34-36H,12-13,18,23-27H2,1-7H3,(H,44,51)(H2,45,46,50). The SMILES string of the molecule is Cc1ccc(COC(=O)C(CCC(=O)OC(C)(C)C)NC(=O)NC(CCCCNC(=O)OCC2c3ccccc3-c3ccccc32)C(=O)OC(C)(C)C)cc1. The van der Waals surface area contributed by atoms with Gasteiger partial charge in [-0.3, -0.25) is 4.79 Å². The van der Waals surface area contributed by atoms with E-state index in [1.54, 1.807) is 41.5 Å². The Morgan fingerprint density at radius 1 is 0.673 bits per heavy atom. The highest BCUT2D eigenvalue weighted by molar-refractivity contribution is 5.87. The van der Waals surface area contributed by atoms with E-state index in [4.69, 9.17) is 18.9 Å². The van der Waals surface area contributed by atoms with Crippen LogP contribution in [0.15, 0.2) is 72.8 Å². The van der Waals surface area contributed by atoms with Crippen molar-refractivity contribution in [2.75, 3.05) is 13.2 Å². The number of hydrogen-bond acceptors (Lipinski definition) is 9. The van der Waals surface area contributed by atoms with Crippen molar-refractivity contribution in [3.05, 3.63) is 95.1 Å². The lowest BCUT2D eigenvalue weighted by Crippen LogP contribution is -2.52. The summed E-state index contributed by atoms with van der Waals surface area (Å²) < 4.78 is 22.1. The lowest BCUT2D eigenvalue weighted by atomic mass is 9.98. The summed E-state index contributed by atoms with van der Waals surface area (Å²) in [5.74, 6) is -1.99. The van der Waals surface area contributed by atoms with Crippen LogP contribution in [0.2, 0.25) is 0 Å². The molecular formula is C43H55N3O9. The summed E-state index contributed by atoms with van der Waals surface area (Å²) in [4.78, 5) is 64.8. The summed E-state index contributed by atoms with van der Waals surface area (Å²) in [6, 6.07) is 20.6. The molecule has 2 unspecified atom stereocenters. The number of unbranched alkanes of at least 4 members (excludes halogenated alkanes) is 1. The van der Waals surface area contributed by atoms with Gasteiger partial charge in [-0.25, -0.2) is 19.2 Å². The molecule has 0 spiro atoms. The lowest BCUT2D eigenvalue weighted by Gasteiger charge is -2.26. The second kappa shape index (κ2) is 19.3. The van der Waals surface area contributed by atoms with Gasteiger partial charge in [0, 0.05) is 18.9 Å². The molecule has 0 fully saturated rings. The fraction of sp³-hybridized carbons (Fsp3) is 0.465. The van der Waals surface area contributed by atoms with Gasteiger partial charge < -0.3 is 34.9 Å². The molecule has 12 heteroatoms. The molecule has 12 nitrogen and oxygen atoms in total. The predicted octanol–water partition coefficient (Wildman–Crippen LogP) is 7.25. The van der Waals surface area contributed by atoms with Crippen LogP contribution in [0.1, 0.15) is 102 Å². The maximum absolute atomic E-state index is 13.3. The van der Waals surface area contributed by atoms with E-state index in [9.17, 15) is 24.0 Å². The monoisotopic (exact) mass is 757 g/mol. The van der Waals surface area contributed by atoms with Gasteiger partial charge in [0.25, 0.3) is 0 Å². The summed E-state index contributed by atoms with van der Waals surface area (Å²) in [7, 11) is 0. The quantitative estimate of drug-likeness (QED) is 0.0778. The van der Waals surface area contributed by atoms with Crippen molar-refractivity contribution >= 4 is 30.0 Å². The van der Waals surface area contributed by atoms with Gasteiger partial charge in [-0.2, -0.15) is 0 Å². The highest BCUT2D eigenvalue weighted by atomic mass is 16.6. The zero-order chi connectivity index (χ0) is 40.2. The van der Waals surface area contributed by atoms with E-state index in [0.717, 1.165) is 33.4 Å². The number of urea groups is 1. The van der Waals surface area contributed by atoms with Gasteiger partial charge in [-0.1, -0.05) is 78.4 Å². The molecule has 2 atom stereocenters. The van der Waals surface area contributed by atoms with Gasteiger partial charge in [0.15, 0.2) is 0 Å². The molecule has 4 rings (SSSR count). The van der Waals surface area contributed by atoms with Gasteiger partial charge in [0.2, 0.25) is 0 Å². The molecule has 3 amide bonds. The Morgan fingerprint density at radius 2 is 1.24 bits per heavy atom. The molecule has 3 aromatic rings. The van der Waals surface area contributed by atoms with E-state index in [1.165, 1.54) is 0 Å². The fourth-order valence-electron chi connectivity index (χ4n) is 6.14. The van der Waals surface area contributed by atoms with Gasteiger partial charge >= 0.3 is 30.0 Å². The highest BCUT2D eigenvalue weighted by Gasteiger charge is 2.31. The van der Waals surface area contributed by atoms with Crippen molar-refractivity contribution in [2.45, 2.75) is 116 Å². The Bertz CT molecular complexity index is 1750. The van der Waals surface area contributed by atoms with Gasteiger partial charge in [-0.15, -0.1) is 0 Å². The number of ether oxygens (including phenoxy) is 4. The van der Waals surface area contributed by atoms with Gasteiger partial charge in [0.1, 0.15) is 36.5 Å². The van der Waals surface area contributed by atoms with E-state index < -0.39 is 53.3 Å². The topological polar surface area (TPSA) is 158 Å². The van der Waals surface area contributed by atoms with Crippen LogP contribution in [0.3, 0.4) is 0 Å². The van der Waals surface area contributed by atoms with Gasteiger partial charge in [0.05, 0.1) is 0 Å². The van der Waals surface area contributed by atoms with Crippen molar-refractivity contribution in [1.82, 2.24) is 16.0 Å². The normalized spacial score (nSPS) is 13.4. The molecular weight excluding hydrogens is 702 g/mol. The first-order chi connectivity index (χ1) is 26.0. The Kier molecular flexibility index (Phi) is 14.8. The molecule has 296 valence electrons. The molecule has 3 aromatic carbocycles. The van der Waals surface area contributed by atoms with Crippen LogP contribution in [0.4, 0.5) is 9.59 Å². The maximum atomic E-state index is 13.3. The average Bonchev–Trinajstić information content (AvgIpc) is 3.43. The highest BCUT2D eigenvalue weighted by Crippen LogP contribution is 2.44. The lowest BCUT2D eigenvalue weighted by molar-refractivity contribution is -0.157. The van der Waals surface area contributed by atoms with Gasteiger partial charge in [-0.05, 0) is 102 Å². The number of hydrogen-bond donors (Lipinski definition) is 3. The van der Waals surface area contributed by atoms with Crippen LogP contribution in [-0.2, 0) is 39.9 Å². The number of carbonyl (C=O) groups is 5. The number of rotatable bonds is 16. The molecule has 0 saturated carbocycles. The van der Waals surface area contributed by atoms with E-state index in [0.29, 0.717) is 12.8 Å². The maximum Gasteiger partial charge on any atom is 0.407 e. The Morgan fingerprint density at radius 3 is 1.82 bits per heavy atom. The predicted molar refractivity (Wildman–Crippen MR) is 208 cm³/mol. The van der Waals surface area contributed by atoms with E-state index in [-0.39, 0.29) is 44.9 Å². The fourth-order valence-corrected chi connectivity index (χ4v) is 6.14. The zero-order valence-corrected chi connectivity index (χ0v) is 33.0. The molecule has 0 saturated heterocycles. The number of benzene rings is 3. The van der Waals surface area contributed by atoms with E-state index in [2.05, 4.69) is 40.2 Å². The van der Waals surface area contributed by atoms with Crippen LogP contribution in [-0.4, -0.2) is 66.5 Å². The van der Waals surface area contributed by atoms with E-state index in [1.807, 2.05) is 55.5 Å². The van der Waals surface area contributed by atoms with Crippen LogP contribution in [0, 0.1) is 6.92 Å². The third-order valence-corrected chi connectivity index (χ3v) is 8.68. The summed E-state index contributed by atoms with van der Waals surface area (Å²) >= 11 is 0. The molecule has 0 aromatic heterocycles. The number of fused-ring (bicyclic) bond motifs is 3. The van der Waals surface area contributed by atoms with Crippen LogP contribution in [0.25, 0.3) is 11.1 Å². The summed E-state index contributed by atoms with van der Waals surface area (Å²) in [5.41, 5.74) is 4.78. The van der Waals surface area contributed by atoms with Crippen molar-refractivity contribution in [2.24, 2.45) is 0 Å². The number of nitrogens with one attached hydrogen (secondary N) is 3. The van der Waals surface area contributed by atoms with Crippen molar-refractivity contribution < 1.29 is 42.9 Å². The zero-order valence-electron chi connectivity index (χ0n) is 33.0. The molecule has 0 aliphatic heterocycles. The average molecular weight is 758 g/mol. The molecule has 0 radical (unpaired) electrons. The third kappa shape index (κ3) is 13.8. The van der Waals surface area contributed by atoms with Crippen molar-refractivity contribution in [3.8, 4) is 11.1 Å². The number of amides is 3. The summed E-state index contributed by atoms with van der Waals surface area (Å²) in [6.45, 7) is 12.7. The Balaban J connectivity index is 1.30. The molecule has 1 aliphatic carbocycles. The minimum Gasteiger partial charge on any atom is -0.460 e. The first-order valence-corrected chi connectivity index (χ1v) is 18.8. The second-order valence-corrected chi connectivity index (χ2v) is 15.7. The minimum absolute atomic E-state index is 0.0318. The first-order valence-electron chi connectivity index (χ1n) is 18.8. The third-order valence-electron chi connectivity index (χ3n) is 8.68. The van der Waals surface area contributed by atoms with Crippen LogP contribution in [0.5, 0.6) is 0 Å².